The van der Waals surface area contributed by atoms with Gasteiger partial charge >= 0.3 is 5.97 Å². The first kappa shape index (κ1) is 16.4. The van der Waals surface area contributed by atoms with Crippen LogP contribution in [0, 0.1) is 23.2 Å². The monoisotopic (exact) mass is 348 g/mol. The summed E-state index contributed by atoms with van der Waals surface area (Å²) in [6.07, 6.45) is 2.46. The Balaban J connectivity index is 1.72. The Hall–Kier alpha value is -3.07. The molecule has 4 rings (SSSR count). The topological polar surface area (TPSA) is 98.0 Å². The first-order valence-corrected chi connectivity index (χ1v) is 8.84. The Bertz CT molecular complexity index is 901. The van der Waals surface area contributed by atoms with Gasteiger partial charge in [-0.3, -0.25) is 0 Å². The molecule has 1 aliphatic carbocycles. The molecule has 2 aliphatic rings. The average Bonchev–Trinajstić information content (AvgIpc) is 3.48. The second kappa shape index (κ2) is 6.34. The van der Waals surface area contributed by atoms with Crippen molar-refractivity contribution in [3.05, 3.63) is 53.2 Å². The van der Waals surface area contributed by atoms with Gasteiger partial charge in [0, 0.05) is 17.6 Å². The quantitative estimate of drug-likeness (QED) is 0.780. The molecule has 6 nitrogen and oxygen atoms in total. The maximum Gasteiger partial charge on any atom is 0.354 e. The molecule has 0 saturated heterocycles. The van der Waals surface area contributed by atoms with Crippen LogP contribution in [0.1, 0.15) is 47.4 Å². The summed E-state index contributed by atoms with van der Waals surface area (Å²) in [6.45, 7) is 2.19. The highest BCUT2D eigenvalue weighted by Gasteiger charge is 2.42. The summed E-state index contributed by atoms with van der Waals surface area (Å²) in [5.74, 6) is 0.428. The number of nitrogens with one attached hydrogen (secondary N) is 2. The van der Waals surface area contributed by atoms with E-state index in [-0.39, 0.29) is 17.7 Å². The molecule has 1 saturated carbocycles. The van der Waals surface area contributed by atoms with Crippen LogP contribution in [0.4, 0.5) is 11.5 Å². The van der Waals surface area contributed by atoms with Crippen molar-refractivity contribution in [2.24, 2.45) is 11.8 Å². The van der Waals surface area contributed by atoms with Gasteiger partial charge in [0.2, 0.25) is 0 Å². The smallest absolute Gasteiger partial charge is 0.354 e. The maximum absolute atomic E-state index is 11.2. The summed E-state index contributed by atoms with van der Waals surface area (Å²) < 4.78 is 0. The Morgan fingerprint density at radius 1 is 1.35 bits per heavy atom. The normalized spacial score (nSPS) is 24.1. The van der Waals surface area contributed by atoms with Crippen molar-refractivity contribution >= 4 is 17.5 Å². The van der Waals surface area contributed by atoms with Gasteiger partial charge in [-0.2, -0.15) is 5.26 Å². The second-order valence-corrected chi connectivity index (χ2v) is 7.12. The Morgan fingerprint density at radius 2 is 2.15 bits per heavy atom. The van der Waals surface area contributed by atoms with Crippen LogP contribution in [0.25, 0.3) is 0 Å². The van der Waals surface area contributed by atoms with Crippen molar-refractivity contribution in [2.45, 2.75) is 31.8 Å². The number of benzene rings is 1. The average molecular weight is 348 g/mol. The van der Waals surface area contributed by atoms with Gasteiger partial charge in [-0.05, 0) is 54.7 Å². The van der Waals surface area contributed by atoms with Crippen LogP contribution in [-0.2, 0) is 0 Å². The zero-order valence-electron chi connectivity index (χ0n) is 14.4. The van der Waals surface area contributed by atoms with Crippen LogP contribution in [-0.4, -0.2) is 22.1 Å². The molecule has 1 aromatic heterocycles. The summed E-state index contributed by atoms with van der Waals surface area (Å²) in [7, 11) is 0. The molecule has 0 spiro atoms. The second-order valence-electron chi connectivity index (χ2n) is 7.12. The molecular formula is C20H20N4O2. The van der Waals surface area contributed by atoms with Crippen LogP contribution < -0.4 is 10.6 Å². The van der Waals surface area contributed by atoms with E-state index in [2.05, 4.69) is 28.6 Å². The number of carboxylic acid groups (broad SMARTS) is 1. The summed E-state index contributed by atoms with van der Waals surface area (Å²) in [5.41, 5.74) is 2.69. The van der Waals surface area contributed by atoms with Gasteiger partial charge < -0.3 is 15.7 Å². The third-order valence-electron chi connectivity index (χ3n) is 5.33. The lowest BCUT2D eigenvalue weighted by molar-refractivity contribution is 0.0690. The van der Waals surface area contributed by atoms with Gasteiger partial charge in [0.05, 0.1) is 17.7 Å². The molecule has 0 amide bonds. The third-order valence-corrected chi connectivity index (χ3v) is 5.33. The van der Waals surface area contributed by atoms with Gasteiger partial charge in [-0.25, -0.2) is 9.78 Å². The number of aromatic carboxylic acids is 1. The van der Waals surface area contributed by atoms with Gasteiger partial charge in [0.1, 0.15) is 5.82 Å². The van der Waals surface area contributed by atoms with E-state index >= 15 is 0 Å². The number of rotatable bonds is 4. The van der Waals surface area contributed by atoms with Gasteiger partial charge in [-0.15, -0.1) is 0 Å². The van der Waals surface area contributed by atoms with E-state index in [1.807, 2.05) is 18.2 Å². The summed E-state index contributed by atoms with van der Waals surface area (Å²) in [5, 5.41) is 25.5. The van der Waals surface area contributed by atoms with Crippen LogP contribution in [0.3, 0.4) is 0 Å². The highest BCUT2D eigenvalue weighted by atomic mass is 16.4. The number of hydrogen-bond donors (Lipinski definition) is 3. The lowest BCUT2D eigenvalue weighted by Crippen LogP contribution is -2.40. The molecule has 132 valence electrons. The minimum Gasteiger partial charge on any atom is -0.477 e. The minimum absolute atomic E-state index is 0.0151. The molecule has 0 bridgehead atoms. The van der Waals surface area contributed by atoms with Crippen LogP contribution in [0.5, 0.6) is 0 Å². The first-order chi connectivity index (χ1) is 12.6. The number of carbonyl (C=O) groups is 1. The van der Waals surface area contributed by atoms with Crippen molar-refractivity contribution in [3.8, 4) is 6.07 Å². The lowest BCUT2D eigenvalue weighted by atomic mass is 9.81. The number of nitriles is 1. The molecule has 1 aliphatic heterocycles. The van der Waals surface area contributed by atoms with Gasteiger partial charge in [0.15, 0.2) is 5.69 Å². The molecular weight excluding hydrogens is 328 g/mol. The number of anilines is 2. The molecule has 26 heavy (non-hydrogen) atoms. The number of hydrogen-bond acceptors (Lipinski definition) is 5. The largest absolute Gasteiger partial charge is 0.477 e. The zero-order valence-corrected chi connectivity index (χ0v) is 14.4. The van der Waals surface area contributed by atoms with E-state index in [1.165, 1.54) is 18.9 Å². The van der Waals surface area contributed by atoms with E-state index in [4.69, 9.17) is 0 Å². The highest BCUT2D eigenvalue weighted by Crippen LogP contribution is 2.46. The zero-order chi connectivity index (χ0) is 18.3. The summed E-state index contributed by atoms with van der Waals surface area (Å²) >= 11 is 0. The van der Waals surface area contributed by atoms with E-state index in [1.54, 1.807) is 12.1 Å². The number of carboxylic acids is 1. The number of fused-ring (bicyclic) bond motifs is 1. The van der Waals surface area contributed by atoms with Crippen LogP contribution >= 0.6 is 0 Å². The Morgan fingerprint density at radius 3 is 2.85 bits per heavy atom. The van der Waals surface area contributed by atoms with E-state index < -0.39 is 5.97 Å². The standard InChI is InChI=1S/C20H20N4O2/c1-11-18(13-6-7-13)23-15-8-5-12(10-21)9-14(15)19(11)24-17-4-2-3-16(22-17)20(25)26/h2-5,8-9,11,13,18-19,23H,6-7H2,1H3,(H,22,24)(H,25,26)/t11-,18+,19-/m1/s1. The molecule has 6 heteroatoms. The molecule has 1 aromatic carbocycles. The van der Waals surface area contributed by atoms with Crippen LogP contribution in [0.15, 0.2) is 36.4 Å². The van der Waals surface area contributed by atoms with Crippen molar-refractivity contribution in [1.82, 2.24) is 4.98 Å². The molecule has 2 heterocycles. The number of aromatic nitrogens is 1. The third kappa shape index (κ3) is 2.97. The van der Waals surface area contributed by atoms with Crippen molar-refractivity contribution in [1.29, 1.82) is 5.26 Å². The Labute approximate surface area is 151 Å². The predicted molar refractivity (Wildman–Crippen MR) is 98.0 cm³/mol. The highest BCUT2D eigenvalue weighted by molar-refractivity contribution is 5.85. The molecule has 3 atom stereocenters. The lowest BCUT2D eigenvalue weighted by Gasteiger charge is -2.40. The van der Waals surface area contributed by atoms with Crippen molar-refractivity contribution < 1.29 is 9.90 Å². The SMILES string of the molecule is C[C@@H]1[C@@H](C2CC2)Nc2ccc(C#N)cc2[C@@H]1Nc1cccc(C(=O)O)n1. The molecule has 3 N–H and O–H groups in total. The van der Waals surface area contributed by atoms with E-state index in [0.29, 0.717) is 23.3 Å². The molecule has 0 unspecified atom stereocenters. The predicted octanol–water partition coefficient (Wildman–Crippen LogP) is 3.64. The fourth-order valence-corrected chi connectivity index (χ4v) is 3.83. The molecule has 2 aromatic rings. The summed E-state index contributed by atoms with van der Waals surface area (Å²) in [4.78, 5) is 15.4. The Kier molecular flexibility index (Phi) is 4.00. The van der Waals surface area contributed by atoms with E-state index in [0.717, 1.165) is 11.3 Å². The maximum atomic E-state index is 11.2. The van der Waals surface area contributed by atoms with Gasteiger partial charge in [-0.1, -0.05) is 13.0 Å². The van der Waals surface area contributed by atoms with Gasteiger partial charge in [0.25, 0.3) is 0 Å². The van der Waals surface area contributed by atoms with Crippen molar-refractivity contribution in [3.63, 3.8) is 0 Å². The number of nitrogens with zero attached hydrogens (tertiary/aromatic N) is 2. The molecule has 0 radical (unpaired) electrons. The fourth-order valence-electron chi connectivity index (χ4n) is 3.83. The summed E-state index contributed by atoms with van der Waals surface area (Å²) in [6, 6.07) is 13.2. The van der Waals surface area contributed by atoms with E-state index in [9.17, 15) is 15.2 Å². The fraction of sp³-hybridized carbons (Fsp3) is 0.350. The minimum atomic E-state index is -1.05. The molecule has 1 fully saturated rings. The van der Waals surface area contributed by atoms with Crippen LogP contribution in [0.2, 0.25) is 0 Å². The first-order valence-electron chi connectivity index (χ1n) is 8.84. The van der Waals surface area contributed by atoms with Crippen molar-refractivity contribution in [2.75, 3.05) is 10.6 Å². The number of pyridine rings is 1.